The number of carbonyl (C=O) groups excluding carboxylic acids is 5. The van der Waals surface area contributed by atoms with Gasteiger partial charge in [0.25, 0.3) is 0 Å². The number of amides is 1. The molecule has 1 amide bonds. The summed E-state index contributed by atoms with van der Waals surface area (Å²) in [5.41, 5.74) is 0. The van der Waals surface area contributed by atoms with Gasteiger partial charge in [0.1, 0.15) is 18.8 Å². The molecule has 5 atom stereocenters. The highest BCUT2D eigenvalue weighted by Crippen LogP contribution is 2.29. The molecule has 0 bridgehead atoms. The van der Waals surface area contributed by atoms with Crippen LogP contribution in [0.4, 0.5) is 13.2 Å². The Kier molecular flexibility index (Phi) is 8.57. The molecule has 14 heteroatoms. The Hall–Kier alpha value is -2.90. The van der Waals surface area contributed by atoms with Crippen LogP contribution in [-0.4, -0.2) is 73.2 Å². The highest BCUT2D eigenvalue weighted by molar-refractivity contribution is 5.82. The minimum absolute atomic E-state index is 0.594. The van der Waals surface area contributed by atoms with Gasteiger partial charge < -0.3 is 29.0 Å². The fraction of sp³-hybridized carbons (Fsp3) is 0.688. The van der Waals surface area contributed by atoms with Gasteiger partial charge in [-0.15, -0.1) is 0 Å². The van der Waals surface area contributed by atoms with Gasteiger partial charge in [-0.3, -0.25) is 24.0 Å². The number of nitrogens with one attached hydrogen (secondary N) is 1. The van der Waals surface area contributed by atoms with E-state index in [0.29, 0.717) is 0 Å². The van der Waals surface area contributed by atoms with Crippen LogP contribution in [0, 0.1) is 0 Å². The van der Waals surface area contributed by atoms with Crippen LogP contribution in [0.2, 0.25) is 0 Å². The number of carbonyl (C=O) groups is 5. The number of esters is 4. The van der Waals surface area contributed by atoms with E-state index in [1.165, 1.54) is 5.32 Å². The SMILES string of the molecule is CC(=O)OCC1O[C@H](OC(C)=O)C(NC(=O)C(F)(F)F)[C@@H](OC(C)=O)[C@@H]1OC(C)=O. The van der Waals surface area contributed by atoms with Gasteiger partial charge in [0.05, 0.1) is 0 Å². The minimum atomic E-state index is -5.34. The molecule has 11 nitrogen and oxygen atoms in total. The quantitative estimate of drug-likeness (QED) is 0.431. The molecule has 0 saturated carbocycles. The van der Waals surface area contributed by atoms with Crippen LogP contribution < -0.4 is 5.32 Å². The Morgan fingerprint density at radius 1 is 0.833 bits per heavy atom. The average Bonchev–Trinajstić information content (AvgIpc) is 2.56. The summed E-state index contributed by atoms with van der Waals surface area (Å²) in [6.07, 6.45) is -12.0. The number of halogens is 3. The van der Waals surface area contributed by atoms with E-state index in [4.69, 9.17) is 23.7 Å². The van der Waals surface area contributed by atoms with Crippen LogP contribution in [-0.2, 0) is 47.7 Å². The average molecular weight is 443 g/mol. The largest absolute Gasteiger partial charge is 0.471 e. The van der Waals surface area contributed by atoms with Gasteiger partial charge in [0, 0.05) is 27.7 Å². The maximum Gasteiger partial charge on any atom is 0.471 e. The number of rotatable bonds is 6. The Balaban J connectivity index is 3.39. The van der Waals surface area contributed by atoms with E-state index in [2.05, 4.69) is 0 Å². The third-order valence-electron chi connectivity index (χ3n) is 3.54. The van der Waals surface area contributed by atoms with E-state index >= 15 is 0 Å². The summed E-state index contributed by atoms with van der Waals surface area (Å²) in [5, 5.41) is 1.52. The topological polar surface area (TPSA) is 144 Å². The fourth-order valence-corrected chi connectivity index (χ4v) is 2.55. The highest BCUT2D eigenvalue weighted by atomic mass is 19.4. The van der Waals surface area contributed by atoms with Gasteiger partial charge in [-0.2, -0.15) is 13.2 Å². The second-order valence-corrected chi connectivity index (χ2v) is 6.10. The molecule has 0 aromatic rings. The molecule has 1 fully saturated rings. The third-order valence-corrected chi connectivity index (χ3v) is 3.54. The van der Waals surface area contributed by atoms with Crippen molar-refractivity contribution in [3.8, 4) is 0 Å². The lowest BCUT2D eigenvalue weighted by Gasteiger charge is -2.44. The molecular formula is C16H20F3NO10. The maximum atomic E-state index is 12.8. The third kappa shape index (κ3) is 7.50. The standard InChI is InChI=1S/C16H20F3NO10/c1-6(21)26-5-10-12(27-7(2)22)13(28-8(3)23)11(14(30-10)29-9(4)24)20-15(25)16(17,18)19/h10-14H,5H2,1-4H3,(H,20,25)/t10?,11?,12-,13-,14+/m1/s1. The molecule has 1 aliphatic rings. The van der Waals surface area contributed by atoms with Crippen LogP contribution in [0.25, 0.3) is 0 Å². The first kappa shape index (κ1) is 25.1. The first-order chi connectivity index (χ1) is 13.7. The summed E-state index contributed by atoms with van der Waals surface area (Å²) in [6.45, 7) is 3.22. The van der Waals surface area contributed by atoms with E-state index in [1.807, 2.05) is 0 Å². The molecule has 1 N–H and O–H groups in total. The normalized spacial score (nSPS) is 26.2. The number of hydrogen-bond acceptors (Lipinski definition) is 10. The van der Waals surface area contributed by atoms with Crippen molar-refractivity contribution in [1.82, 2.24) is 5.32 Å². The first-order valence-electron chi connectivity index (χ1n) is 8.40. The van der Waals surface area contributed by atoms with E-state index in [-0.39, 0.29) is 0 Å². The summed E-state index contributed by atoms with van der Waals surface area (Å²) in [4.78, 5) is 57.0. The minimum Gasteiger partial charge on any atom is -0.463 e. The molecule has 1 saturated heterocycles. The van der Waals surface area contributed by atoms with E-state index in [0.717, 1.165) is 27.7 Å². The highest BCUT2D eigenvalue weighted by Gasteiger charge is 2.54. The van der Waals surface area contributed by atoms with Crippen molar-refractivity contribution in [2.24, 2.45) is 0 Å². The summed E-state index contributed by atoms with van der Waals surface area (Å²) >= 11 is 0. The van der Waals surface area contributed by atoms with Gasteiger partial charge in [-0.25, -0.2) is 0 Å². The Morgan fingerprint density at radius 2 is 1.33 bits per heavy atom. The molecular weight excluding hydrogens is 423 g/mol. The fourth-order valence-electron chi connectivity index (χ4n) is 2.55. The van der Waals surface area contributed by atoms with Crippen LogP contribution >= 0.6 is 0 Å². The Morgan fingerprint density at radius 3 is 1.77 bits per heavy atom. The van der Waals surface area contributed by atoms with Gasteiger partial charge in [-0.05, 0) is 0 Å². The molecule has 0 aromatic heterocycles. The number of alkyl halides is 3. The molecule has 1 aliphatic heterocycles. The number of hydrogen-bond donors (Lipinski definition) is 1. The van der Waals surface area contributed by atoms with Crippen LogP contribution in [0.1, 0.15) is 27.7 Å². The van der Waals surface area contributed by atoms with Crippen molar-refractivity contribution in [3.63, 3.8) is 0 Å². The molecule has 0 spiro atoms. The lowest BCUT2D eigenvalue weighted by atomic mass is 9.96. The zero-order chi connectivity index (χ0) is 23.2. The maximum absolute atomic E-state index is 12.8. The van der Waals surface area contributed by atoms with Crippen molar-refractivity contribution < 1.29 is 60.8 Å². The Labute approximate surface area is 168 Å². The van der Waals surface area contributed by atoms with Crippen molar-refractivity contribution in [1.29, 1.82) is 0 Å². The monoisotopic (exact) mass is 443 g/mol. The van der Waals surface area contributed by atoms with E-state index in [9.17, 15) is 37.1 Å². The van der Waals surface area contributed by atoms with Gasteiger partial charge in [0.15, 0.2) is 12.2 Å². The lowest BCUT2D eigenvalue weighted by Crippen LogP contribution is -2.67. The van der Waals surface area contributed by atoms with E-state index < -0.39 is 73.2 Å². The van der Waals surface area contributed by atoms with Crippen LogP contribution in [0.5, 0.6) is 0 Å². The molecule has 2 unspecified atom stereocenters. The molecule has 1 heterocycles. The summed E-state index contributed by atoms with van der Waals surface area (Å²) in [5.74, 6) is -6.20. The van der Waals surface area contributed by atoms with Crippen molar-refractivity contribution in [2.45, 2.75) is 64.5 Å². The van der Waals surface area contributed by atoms with Crippen LogP contribution in [0.15, 0.2) is 0 Å². The van der Waals surface area contributed by atoms with Crippen molar-refractivity contribution in [2.75, 3.05) is 6.61 Å². The van der Waals surface area contributed by atoms with Gasteiger partial charge in [0.2, 0.25) is 6.29 Å². The van der Waals surface area contributed by atoms with E-state index in [1.54, 1.807) is 0 Å². The molecule has 1 rings (SSSR count). The predicted octanol–water partition coefficient (Wildman–Crippen LogP) is -0.252. The van der Waals surface area contributed by atoms with Gasteiger partial charge >= 0.3 is 36.0 Å². The second-order valence-electron chi connectivity index (χ2n) is 6.10. The zero-order valence-electron chi connectivity index (χ0n) is 16.3. The number of ether oxygens (including phenoxy) is 5. The molecule has 0 aromatic carbocycles. The molecule has 0 radical (unpaired) electrons. The zero-order valence-corrected chi connectivity index (χ0v) is 16.3. The summed E-state index contributed by atoms with van der Waals surface area (Å²) in [7, 11) is 0. The molecule has 0 aliphatic carbocycles. The molecule has 30 heavy (non-hydrogen) atoms. The van der Waals surface area contributed by atoms with Crippen molar-refractivity contribution in [3.05, 3.63) is 0 Å². The second kappa shape index (κ2) is 10.2. The Bertz CT molecular complexity index is 695. The summed E-state index contributed by atoms with van der Waals surface area (Å²) < 4.78 is 63.2. The lowest BCUT2D eigenvalue weighted by molar-refractivity contribution is -0.272. The molecule has 170 valence electrons. The smallest absolute Gasteiger partial charge is 0.463 e. The van der Waals surface area contributed by atoms with Crippen LogP contribution in [0.3, 0.4) is 0 Å². The van der Waals surface area contributed by atoms with Crippen molar-refractivity contribution >= 4 is 29.8 Å². The first-order valence-corrected chi connectivity index (χ1v) is 8.40. The summed E-state index contributed by atoms with van der Waals surface area (Å²) in [6, 6.07) is -1.91. The predicted molar refractivity (Wildman–Crippen MR) is 86.2 cm³/mol. The van der Waals surface area contributed by atoms with Gasteiger partial charge in [-0.1, -0.05) is 0 Å².